The van der Waals surface area contributed by atoms with Gasteiger partial charge in [-0.25, -0.2) is 4.79 Å². The first-order chi connectivity index (χ1) is 7.17. The third-order valence-electron chi connectivity index (χ3n) is 1.68. The molecule has 0 bridgehead atoms. The van der Waals surface area contributed by atoms with E-state index in [-0.39, 0.29) is 0 Å². The van der Waals surface area contributed by atoms with Crippen molar-refractivity contribution in [1.29, 1.82) is 0 Å². The molecule has 0 aromatic heterocycles. The molecule has 0 amide bonds. The van der Waals surface area contributed by atoms with E-state index in [0.717, 1.165) is 0 Å². The van der Waals surface area contributed by atoms with Crippen LogP contribution in [0.25, 0.3) is 0 Å². The predicted molar refractivity (Wildman–Crippen MR) is 56.5 cm³/mol. The fourth-order valence-electron chi connectivity index (χ4n) is 1.01. The molecule has 0 aliphatic carbocycles. The summed E-state index contributed by atoms with van der Waals surface area (Å²) in [4.78, 5) is 10.9. The topological polar surface area (TPSA) is 35.5 Å². The van der Waals surface area contributed by atoms with E-state index >= 15 is 0 Å². The van der Waals surface area contributed by atoms with Crippen molar-refractivity contribution in [2.45, 2.75) is 6.10 Å². The maximum absolute atomic E-state index is 10.9. The van der Waals surface area contributed by atoms with E-state index in [9.17, 15) is 4.79 Å². The van der Waals surface area contributed by atoms with Gasteiger partial charge in [-0.05, 0) is 12.1 Å². The minimum Gasteiger partial charge on any atom is -0.438 e. The average Bonchev–Trinajstić information content (AvgIpc) is 2.25. The zero-order valence-corrected chi connectivity index (χ0v) is 8.82. The van der Waals surface area contributed by atoms with E-state index in [2.05, 4.69) is 10.7 Å². The number of halogens is 1. The summed E-state index contributed by atoms with van der Waals surface area (Å²) in [5, 5.41) is 0.529. The molecule has 0 aliphatic rings. The second kappa shape index (κ2) is 5.28. The van der Waals surface area contributed by atoms with Gasteiger partial charge in [0.15, 0.2) is 6.10 Å². The summed E-state index contributed by atoms with van der Waals surface area (Å²) in [6.07, 6.45) is 3.63. The molecule has 0 saturated heterocycles. The Balaban J connectivity index is 2.84. The Hall–Kier alpha value is -1.66. The van der Waals surface area contributed by atoms with Gasteiger partial charge in [-0.3, -0.25) is 0 Å². The van der Waals surface area contributed by atoms with Gasteiger partial charge in [-0.15, -0.1) is 6.42 Å². The molecule has 1 unspecified atom stereocenters. The van der Waals surface area contributed by atoms with Gasteiger partial charge >= 0.3 is 6.16 Å². The van der Waals surface area contributed by atoms with Gasteiger partial charge in [0.05, 0.1) is 7.11 Å². The Morgan fingerprint density at radius 3 is 2.87 bits per heavy atom. The van der Waals surface area contributed by atoms with Crippen LogP contribution in [0.3, 0.4) is 0 Å². The second-order valence-electron chi connectivity index (χ2n) is 2.67. The number of terminal acetylenes is 1. The first-order valence-corrected chi connectivity index (χ1v) is 4.51. The summed E-state index contributed by atoms with van der Waals surface area (Å²) >= 11 is 5.78. The summed E-state index contributed by atoms with van der Waals surface area (Å²) in [7, 11) is 1.22. The highest BCUT2D eigenvalue weighted by atomic mass is 35.5. The van der Waals surface area contributed by atoms with E-state index < -0.39 is 12.3 Å². The lowest BCUT2D eigenvalue weighted by molar-refractivity contribution is 0.0550. The Kier molecular flexibility index (Phi) is 4.02. The van der Waals surface area contributed by atoms with Crippen LogP contribution in [0.1, 0.15) is 11.7 Å². The number of rotatable bonds is 2. The molecule has 0 N–H and O–H groups in total. The van der Waals surface area contributed by atoms with Crippen molar-refractivity contribution in [3.63, 3.8) is 0 Å². The molecule has 0 aliphatic heterocycles. The zero-order valence-electron chi connectivity index (χ0n) is 8.07. The molecule has 0 saturated carbocycles. The van der Waals surface area contributed by atoms with Crippen LogP contribution < -0.4 is 0 Å². The molecule has 4 heteroatoms. The first-order valence-electron chi connectivity index (χ1n) is 4.13. The third-order valence-corrected chi connectivity index (χ3v) is 1.92. The minimum absolute atomic E-state index is 0.529. The molecule has 3 nitrogen and oxygen atoms in total. The SMILES string of the molecule is C#CC(OC(=O)OC)c1cccc(Cl)c1. The van der Waals surface area contributed by atoms with Crippen LogP contribution in [-0.2, 0) is 9.47 Å². The molecule has 1 rings (SSSR count). The molecule has 0 heterocycles. The number of carbonyl (C=O) groups excluding carboxylic acids is 1. The van der Waals surface area contributed by atoms with Gasteiger partial charge in [-0.2, -0.15) is 0 Å². The van der Waals surface area contributed by atoms with Crippen LogP contribution in [0.15, 0.2) is 24.3 Å². The van der Waals surface area contributed by atoms with Crippen LogP contribution in [0.5, 0.6) is 0 Å². The van der Waals surface area contributed by atoms with Crippen molar-refractivity contribution in [3.05, 3.63) is 34.9 Å². The van der Waals surface area contributed by atoms with Gasteiger partial charge in [0.2, 0.25) is 0 Å². The lowest BCUT2D eigenvalue weighted by Crippen LogP contribution is -2.09. The molecule has 0 radical (unpaired) electrons. The normalized spacial score (nSPS) is 11.3. The number of hydrogen-bond donors (Lipinski definition) is 0. The highest BCUT2D eigenvalue weighted by Gasteiger charge is 2.14. The predicted octanol–water partition coefficient (Wildman–Crippen LogP) is 2.80. The van der Waals surface area contributed by atoms with E-state index in [1.165, 1.54) is 7.11 Å². The molecule has 1 aromatic carbocycles. The van der Waals surface area contributed by atoms with Crippen LogP contribution in [0.2, 0.25) is 5.02 Å². The smallest absolute Gasteiger partial charge is 0.438 e. The largest absolute Gasteiger partial charge is 0.509 e. The average molecular weight is 225 g/mol. The van der Waals surface area contributed by atoms with Crippen LogP contribution in [0.4, 0.5) is 4.79 Å². The standard InChI is InChI=1S/C11H9ClO3/c1-3-10(15-11(13)14-2)8-5-4-6-9(12)7-8/h1,4-7,10H,2H3. The monoisotopic (exact) mass is 224 g/mol. The van der Waals surface area contributed by atoms with Crippen molar-refractivity contribution >= 4 is 17.8 Å². The quantitative estimate of drug-likeness (QED) is 0.572. The molecular weight excluding hydrogens is 216 g/mol. The highest BCUT2D eigenvalue weighted by Crippen LogP contribution is 2.20. The summed E-state index contributed by atoms with van der Waals surface area (Å²) in [6, 6.07) is 6.79. The molecule has 1 aromatic rings. The van der Waals surface area contributed by atoms with E-state index in [1.54, 1.807) is 24.3 Å². The second-order valence-corrected chi connectivity index (χ2v) is 3.11. The zero-order chi connectivity index (χ0) is 11.3. The summed E-state index contributed by atoms with van der Waals surface area (Å²) in [6.45, 7) is 0. The molecule has 0 spiro atoms. The van der Waals surface area contributed by atoms with Crippen LogP contribution in [0, 0.1) is 12.3 Å². The van der Waals surface area contributed by atoms with Crippen LogP contribution >= 0.6 is 11.6 Å². The summed E-state index contributed by atoms with van der Waals surface area (Å²) in [5.41, 5.74) is 0.635. The molecule has 0 fully saturated rings. The van der Waals surface area contributed by atoms with Gasteiger partial charge in [0, 0.05) is 10.6 Å². The van der Waals surface area contributed by atoms with E-state index in [4.69, 9.17) is 22.8 Å². The minimum atomic E-state index is -0.821. The maximum Gasteiger partial charge on any atom is 0.509 e. The van der Waals surface area contributed by atoms with Crippen molar-refractivity contribution in [1.82, 2.24) is 0 Å². The lowest BCUT2D eigenvalue weighted by atomic mass is 10.1. The molecule has 15 heavy (non-hydrogen) atoms. The fourth-order valence-corrected chi connectivity index (χ4v) is 1.21. The third kappa shape index (κ3) is 3.19. The summed E-state index contributed by atoms with van der Waals surface area (Å²) < 4.78 is 9.18. The Morgan fingerprint density at radius 1 is 1.60 bits per heavy atom. The van der Waals surface area contributed by atoms with Gasteiger partial charge < -0.3 is 9.47 Å². The molecular formula is C11H9ClO3. The number of benzene rings is 1. The summed E-state index contributed by atoms with van der Waals surface area (Å²) in [5.74, 6) is 2.33. The lowest BCUT2D eigenvalue weighted by Gasteiger charge is -2.11. The molecule has 1 atom stereocenters. The Morgan fingerprint density at radius 2 is 2.33 bits per heavy atom. The van der Waals surface area contributed by atoms with E-state index in [1.807, 2.05) is 0 Å². The van der Waals surface area contributed by atoms with E-state index in [0.29, 0.717) is 10.6 Å². The van der Waals surface area contributed by atoms with Gasteiger partial charge in [0.1, 0.15) is 0 Å². The number of hydrogen-bond acceptors (Lipinski definition) is 3. The van der Waals surface area contributed by atoms with Gasteiger partial charge in [0.25, 0.3) is 0 Å². The van der Waals surface area contributed by atoms with Crippen molar-refractivity contribution in [3.8, 4) is 12.3 Å². The Labute approximate surface area is 92.9 Å². The number of ether oxygens (including phenoxy) is 2. The fraction of sp³-hybridized carbons (Fsp3) is 0.182. The van der Waals surface area contributed by atoms with Crippen molar-refractivity contribution in [2.24, 2.45) is 0 Å². The maximum atomic E-state index is 10.9. The van der Waals surface area contributed by atoms with Crippen LogP contribution in [-0.4, -0.2) is 13.3 Å². The molecule has 78 valence electrons. The first kappa shape index (κ1) is 11.4. The highest BCUT2D eigenvalue weighted by molar-refractivity contribution is 6.30. The Bertz CT molecular complexity index is 395. The van der Waals surface area contributed by atoms with Crippen molar-refractivity contribution in [2.75, 3.05) is 7.11 Å². The van der Waals surface area contributed by atoms with Gasteiger partial charge in [-0.1, -0.05) is 29.7 Å². The number of carbonyl (C=O) groups is 1. The number of methoxy groups -OCH3 is 1. The van der Waals surface area contributed by atoms with Crippen molar-refractivity contribution < 1.29 is 14.3 Å².